The first-order valence-electron chi connectivity index (χ1n) is 8.24. The zero-order chi connectivity index (χ0) is 19.1. The second-order valence-electron chi connectivity index (χ2n) is 7.26. The highest BCUT2D eigenvalue weighted by atomic mass is 16.5. The lowest BCUT2D eigenvalue weighted by Crippen LogP contribution is -2.10. The highest BCUT2D eigenvalue weighted by Crippen LogP contribution is 2.28. The predicted molar refractivity (Wildman–Crippen MR) is 99.7 cm³/mol. The first kappa shape index (κ1) is 17.7. The second-order valence-corrected chi connectivity index (χ2v) is 7.26. The van der Waals surface area contributed by atoms with E-state index in [1.54, 1.807) is 6.92 Å². The number of fused-ring (bicyclic) bond motifs is 1. The fraction of sp³-hybridized carbons (Fsp3) is 0.250. The third-order valence-corrected chi connectivity index (χ3v) is 3.97. The Labute approximate surface area is 151 Å². The van der Waals surface area contributed by atoms with Gasteiger partial charge in [0.2, 0.25) is 0 Å². The molecule has 134 valence electrons. The number of carbonyl (C=O) groups is 1. The maximum absolute atomic E-state index is 11.7. The van der Waals surface area contributed by atoms with Crippen molar-refractivity contribution in [1.82, 2.24) is 15.0 Å². The van der Waals surface area contributed by atoms with Gasteiger partial charge in [0.1, 0.15) is 28.2 Å². The van der Waals surface area contributed by atoms with Crippen LogP contribution < -0.4 is 4.74 Å². The zero-order valence-electron chi connectivity index (χ0n) is 15.3. The lowest BCUT2D eigenvalue weighted by molar-refractivity contribution is -0.130. The predicted octanol–water partition coefficient (Wildman–Crippen LogP) is 3.91. The number of carbonyl (C=O) groups excluding carboxylic acids is 1. The van der Waals surface area contributed by atoms with Crippen LogP contribution >= 0.6 is 0 Å². The summed E-state index contributed by atoms with van der Waals surface area (Å²) in [5, 5.41) is 19.1. The molecular formula is C20H21N3O3. The van der Waals surface area contributed by atoms with Crippen molar-refractivity contribution < 1.29 is 14.6 Å². The van der Waals surface area contributed by atoms with E-state index >= 15 is 0 Å². The van der Waals surface area contributed by atoms with E-state index in [9.17, 15) is 9.90 Å². The van der Waals surface area contributed by atoms with Crippen molar-refractivity contribution in [3.05, 3.63) is 54.1 Å². The van der Waals surface area contributed by atoms with E-state index in [1.165, 1.54) is 23.0 Å². The molecule has 26 heavy (non-hydrogen) atoms. The Morgan fingerprint density at radius 3 is 2.46 bits per heavy atom. The van der Waals surface area contributed by atoms with Gasteiger partial charge in [-0.2, -0.15) is 0 Å². The van der Waals surface area contributed by atoms with Crippen molar-refractivity contribution in [3.63, 3.8) is 0 Å². The monoisotopic (exact) mass is 351 g/mol. The molecule has 0 bridgehead atoms. The molecule has 1 heterocycles. The van der Waals surface area contributed by atoms with E-state index in [1.807, 2.05) is 18.2 Å². The van der Waals surface area contributed by atoms with Crippen LogP contribution in [0.2, 0.25) is 0 Å². The molecular weight excluding hydrogens is 330 g/mol. The zero-order valence-corrected chi connectivity index (χ0v) is 15.3. The van der Waals surface area contributed by atoms with Gasteiger partial charge in [-0.1, -0.05) is 33.4 Å². The van der Waals surface area contributed by atoms with E-state index in [2.05, 4.69) is 37.5 Å². The van der Waals surface area contributed by atoms with Gasteiger partial charge >= 0.3 is 5.97 Å². The standard InChI is InChI=1S/C20H21N3O3/c1-12(2)19(25)26-14-7-9-18(24)17(11-14)23-21-15-8-6-13(20(3,4)5)10-16(15)22-23/h6-11,24H,1H2,2-5H3. The molecule has 0 atom stereocenters. The maximum Gasteiger partial charge on any atom is 0.338 e. The number of benzene rings is 2. The van der Waals surface area contributed by atoms with Crippen molar-refractivity contribution in [3.8, 4) is 17.2 Å². The molecule has 0 radical (unpaired) electrons. The summed E-state index contributed by atoms with van der Waals surface area (Å²) in [6.45, 7) is 11.5. The van der Waals surface area contributed by atoms with E-state index in [-0.39, 0.29) is 22.5 Å². The topological polar surface area (TPSA) is 77.2 Å². The summed E-state index contributed by atoms with van der Waals surface area (Å²) in [6, 6.07) is 10.4. The molecule has 0 unspecified atom stereocenters. The molecule has 2 aromatic carbocycles. The number of phenolic OH excluding ortho intramolecular Hbond substituents is 1. The average Bonchev–Trinajstić information content (AvgIpc) is 2.98. The SMILES string of the molecule is C=C(C)C(=O)Oc1ccc(O)c(-n2nc3ccc(C(C)(C)C)cc3n2)c1. The van der Waals surface area contributed by atoms with Crippen LogP contribution in [0.3, 0.4) is 0 Å². The van der Waals surface area contributed by atoms with Crippen LogP contribution in [0.1, 0.15) is 33.3 Å². The van der Waals surface area contributed by atoms with Gasteiger partial charge in [0, 0.05) is 11.6 Å². The quantitative estimate of drug-likeness (QED) is 0.440. The van der Waals surface area contributed by atoms with Crippen molar-refractivity contribution in [2.75, 3.05) is 0 Å². The van der Waals surface area contributed by atoms with E-state index < -0.39 is 5.97 Å². The number of phenols is 1. The smallest absolute Gasteiger partial charge is 0.338 e. The number of rotatable bonds is 3. The summed E-state index contributed by atoms with van der Waals surface area (Å²) >= 11 is 0. The van der Waals surface area contributed by atoms with Gasteiger partial charge in [-0.25, -0.2) is 4.79 Å². The summed E-state index contributed by atoms with van der Waals surface area (Å²) < 4.78 is 5.21. The molecule has 0 fully saturated rings. The van der Waals surface area contributed by atoms with Gasteiger partial charge in [0.25, 0.3) is 0 Å². The van der Waals surface area contributed by atoms with Crippen LogP contribution in [0, 0.1) is 0 Å². The van der Waals surface area contributed by atoms with Gasteiger partial charge in [-0.3, -0.25) is 0 Å². The molecule has 6 nitrogen and oxygen atoms in total. The van der Waals surface area contributed by atoms with Crippen LogP contribution in [0.4, 0.5) is 0 Å². The first-order chi connectivity index (χ1) is 12.1. The Morgan fingerprint density at radius 1 is 1.12 bits per heavy atom. The third-order valence-electron chi connectivity index (χ3n) is 3.97. The van der Waals surface area contributed by atoms with Crippen molar-refractivity contribution >= 4 is 17.0 Å². The summed E-state index contributed by atoms with van der Waals surface area (Å²) in [6.07, 6.45) is 0. The number of ether oxygens (including phenoxy) is 1. The molecule has 3 rings (SSSR count). The fourth-order valence-electron chi connectivity index (χ4n) is 2.41. The highest BCUT2D eigenvalue weighted by molar-refractivity contribution is 5.88. The summed E-state index contributed by atoms with van der Waals surface area (Å²) in [5.74, 6) is -0.269. The molecule has 0 saturated carbocycles. The summed E-state index contributed by atoms with van der Waals surface area (Å²) in [5.41, 5.74) is 3.19. The van der Waals surface area contributed by atoms with Crippen LogP contribution in [0.5, 0.6) is 11.5 Å². The van der Waals surface area contributed by atoms with Gasteiger partial charge < -0.3 is 9.84 Å². The number of hydrogen-bond acceptors (Lipinski definition) is 5. The van der Waals surface area contributed by atoms with Crippen molar-refractivity contribution in [1.29, 1.82) is 0 Å². The molecule has 0 aliphatic rings. The first-order valence-corrected chi connectivity index (χ1v) is 8.24. The van der Waals surface area contributed by atoms with Crippen LogP contribution in [-0.2, 0) is 10.2 Å². The molecule has 1 aromatic heterocycles. The van der Waals surface area contributed by atoms with E-state index in [0.717, 1.165) is 11.1 Å². The highest BCUT2D eigenvalue weighted by Gasteiger charge is 2.17. The van der Waals surface area contributed by atoms with Gasteiger partial charge in [0.15, 0.2) is 0 Å². The molecule has 0 spiro atoms. The lowest BCUT2D eigenvalue weighted by atomic mass is 9.87. The Kier molecular flexibility index (Phi) is 4.28. The summed E-state index contributed by atoms with van der Waals surface area (Å²) in [7, 11) is 0. The number of aromatic nitrogens is 3. The fourth-order valence-corrected chi connectivity index (χ4v) is 2.41. The minimum Gasteiger partial charge on any atom is -0.506 e. The van der Waals surface area contributed by atoms with Crippen LogP contribution in [0.25, 0.3) is 16.7 Å². The molecule has 3 aromatic rings. The Hall–Kier alpha value is -3.15. The molecule has 6 heteroatoms. The second kappa shape index (κ2) is 6.29. The Balaban J connectivity index is 2.03. The lowest BCUT2D eigenvalue weighted by Gasteiger charge is -2.18. The molecule has 0 aliphatic carbocycles. The van der Waals surface area contributed by atoms with Gasteiger partial charge in [-0.05, 0) is 42.2 Å². The average molecular weight is 351 g/mol. The van der Waals surface area contributed by atoms with Crippen LogP contribution in [0.15, 0.2) is 48.6 Å². The molecule has 1 N–H and O–H groups in total. The molecule has 0 aliphatic heterocycles. The largest absolute Gasteiger partial charge is 0.506 e. The number of hydrogen-bond donors (Lipinski definition) is 1. The maximum atomic E-state index is 11.7. The minimum atomic E-state index is -0.532. The Bertz CT molecular complexity index is 1010. The van der Waals surface area contributed by atoms with Gasteiger partial charge in [-0.15, -0.1) is 15.0 Å². The van der Waals surface area contributed by atoms with Gasteiger partial charge in [0.05, 0.1) is 0 Å². The molecule has 0 saturated heterocycles. The van der Waals surface area contributed by atoms with E-state index in [4.69, 9.17) is 4.74 Å². The number of esters is 1. The summed E-state index contributed by atoms with van der Waals surface area (Å²) in [4.78, 5) is 13.0. The Morgan fingerprint density at radius 2 is 1.81 bits per heavy atom. The normalized spacial score (nSPS) is 11.5. The third kappa shape index (κ3) is 3.44. The number of nitrogens with zero attached hydrogens (tertiary/aromatic N) is 3. The molecule has 0 amide bonds. The van der Waals surface area contributed by atoms with Crippen molar-refractivity contribution in [2.45, 2.75) is 33.1 Å². The van der Waals surface area contributed by atoms with Crippen molar-refractivity contribution in [2.24, 2.45) is 0 Å². The van der Waals surface area contributed by atoms with E-state index in [0.29, 0.717) is 11.2 Å². The minimum absolute atomic E-state index is 0.00320. The van der Waals surface area contributed by atoms with Crippen LogP contribution in [-0.4, -0.2) is 26.1 Å². The number of aromatic hydroxyl groups is 1.